The molecule has 0 bridgehead atoms. The van der Waals surface area contributed by atoms with Crippen LogP contribution in [0.1, 0.15) is 50.3 Å². The molecule has 0 aromatic heterocycles. The lowest BCUT2D eigenvalue weighted by Gasteiger charge is -2.22. The number of nitrogens with one attached hydrogen (secondary N) is 1. The monoisotopic (exact) mass is 373 g/mol. The van der Waals surface area contributed by atoms with Crippen molar-refractivity contribution in [2.24, 2.45) is 5.92 Å². The van der Waals surface area contributed by atoms with Gasteiger partial charge in [0.2, 0.25) is 0 Å². The fourth-order valence-corrected chi connectivity index (χ4v) is 3.96. The van der Waals surface area contributed by atoms with Gasteiger partial charge in [-0.1, -0.05) is 45.7 Å². The summed E-state index contributed by atoms with van der Waals surface area (Å²) in [6.45, 7) is 5.69. The Morgan fingerprint density at radius 3 is 2.72 bits per heavy atom. The van der Waals surface area contributed by atoms with Gasteiger partial charge in [-0.3, -0.25) is 0 Å². The first kappa shape index (κ1) is 14.5. The van der Waals surface area contributed by atoms with E-state index in [4.69, 9.17) is 0 Å². The van der Waals surface area contributed by atoms with Gasteiger partial charge in [-0.25, -0.2) is 0 Å². The van der Waals surface area contributed by atoms with Gasteiger partial charge in [0.25, 0.3) is 0 Å². The molecule has 1 aromatic carbocycles. The van der Waals surface area contributed by atoms with Crippen molar-refractivity contribution in [3.05, 3.63) is 32.2 Å². The molecule has 2 rings (SSSR count). The summed E-state index contributed by atoms with van der Waals surface area (Å²) in [7, 11) is 0. The number of halogens is 2. The van der Waals surface area contributed by atoms with Gasteiger partial charge in [-0.15, -0.1) is 0 Å². The van der Waals surface area contributed by atoms with Crippen molar-refractivity contribution in [1.82, 2.24) is 5.32 Å². The van der Waals surface area contributed by atoms with Crippen LogP contribution in [0.4, 0.5) is 0 Å². The zero-order valence-corrected chi connectivity index (χ0v) is 14.3. The van der Waals surface area contributed by atoms with E-state index in [1.165, 1.54) is 45.8 Å². The fourth-order valence-electron chi connectivity index (χ4n) is 2.77. The van der Waals surface area contributed by atoms with Crippen LogP contribution in [0.5, 0.6) is 0 Å². The van der Waals surface area contributed by atoms with Crippen molar-refractivity contribution in [3.8, 4) is 0 Å². The average molecular weight is 375 g/mol. The van der Waals surface area contributed by atoms with E-state index >= 15 is 0 Å². The average Bonchev–Trinajstić information content (AvgIpc) is 2.51. The molecule has 0 amide bonds. The van der Waals surface area contributed by atoms with Crippen LogP contribution in [0, 0.1) is 5.92 Å². The molecule has 0 spiro atoms. The number of fused-ring (bicyclic) bond motifs is 1. The molecule has 0 saturated carbocycles. The molecule has 18 heavy (non-hydrogen) atoms. The van der Waals surface area contributed by atoms with Crippen LogP contribution in [0.25, 0.3) is 0 Å². The van der Waals surface area contributed by atoms with Gasteiger partial charge in [0.1, 0.15) is 0 Å². The molecule has 0 heterocycles. The minimum atomic E-state index is 0.490. The summed E-state index contributed by atoms with van der Waals surface area (Å²) in [5, 5.41) is 3.72. The molecule has 2 unspecified atom stereocenters. The van der Waals surface area contributed by atoms with Crippen molar-refractivity contribution in [2.75, 3.05) is 6.54 Å². The summed E-state index contributed by atoms with van der Waals surface area (Å²) >= 11 is 7.46. The third-order valence-corrected chi connectivity index (χ3v) is 5.20. The number of hydrogen-bond donors (Lipinski definition) is 1. The van der Waals surface area contributed by atoms with Crippen LogP contribution in [0.15, 0.2) is 21.1 Å². The predicted molar refractivity (Wildman–Crippen MR) is 85.0 cm³/mol. The Bertz CT molecular complexity index is 417. The molecule has 0 radical (unpaired) electrons. The Labute approximate surface area is 127 Å². The molecular formula is C15H21Br2N. The lowest BCUT2D eigenvalue weighted by Crippen LogP contribution is -2.24. The third-order valence-electron chi connectivity index (χ3n) is 3.76. The fraction of sp³-hybridized carbons (Fsp3) is 0.600. The van der Waals surface area contributed by atoms with Crippen LogP contribution in [0.3, 0.4) is 0 Å². The van der Waals surface area contributed by atoms with Gasteiger partial charge in [-0.2, -0.15) is 0 Å². The molecule has 0 aliphatic heterocycles. The second kappa shape index (κ2) is 6.53. The highest BCUT2D eigenvalue weighted by atomic mass is 79.9. The minimum Gasteiger partial charge on any atom is -0.310 e. The molecule has 1 N–H and O–H groups in total. The summed E-state index contributed by atoms with van der Waals surface area (Å²) in [5.41, 5.74) is 2.96. The summed E-state index contributed by atoms with van der Waals surface area (Å²) in [6, 6.07) is 4.82. The molecule has 1 nitrogen and oxygen atoms in total. The van der Waals surface area contributed by atoms with E-state index < -0.39 is 0 Å². The maximum absolute atomic E-state index is 3.74. The smallest absolute Gasteiger partial charge is 0.0337 e. The van der Waals surface area contributed by atoms with Crippen molar-refractivity contribution in [3.63, 3.8) is 0 Å². The Morgan fingerprint density at radius 2 is 2.00 bits per heavy atom. The molecule has 1 aromatic rings. The Hall–Kier alpha value is 0.140. The zero-order chi connectivity index (χ0) is 13.1. The largest absolute Gasteiger partial charge is 0.310 e. The standard InChI is InChI=1S/C15H21Br2N/c1-3-8-18-14-9-10(2)4-5-11-12(16)6-7-13(17)15(11)14/h6-7,10,14,18H,3-5,8-9H2,1-2H3. The van der Waals surface area contributed by atoms with Gasteiger partial charge in [0, 0.05) is 15.0 Å². The molecule has 0 fully saturated rings. The first-order chi connectivity index (χ1) is 8.63. The van der Waals surface area contributed by atoms with E-state index in [1.54, 1.807) is 0 Å². The van der Waals surface area contributed by atoms with Gasteiger partial charge in [0.05, 0.1) is 0 Å². The quantitative estimate of drug-likeness (QED) is 0.714. The minimum absolute atomic E-state index is 0.490. The van der Waals surface area contributed by atoms with Crippen LogP contribution < -0.4 is 5.32 Å². The lowest BCUT2D eigenvalue weighted by atomic mass is 9.97. The molecule has 100 valence electrons. The second-order valence-corrected chi connectivity index (χ2v) is 7.02. The molecular weight excluding hydrogens is 354 g/mol. The molecule has 2 atom stereocenters. The summed E-state index contributed by atoms with van der Waals surface area (Å²) < 4.78 is 2.52. The van der Waals surface area contributed by atoms with Crippen LogP contribution in [-0.2, 0) is 6.42 Å². The molecule has 1 aliphatic rings. The maximum Gasteiger partial charge on any atom is 0.0337 e. The van der Waals surface area contributed by atoms with Gasteiger partial charge in [-0.05, 0) is 61.4 Å². The normalized spacial score (nSPS) is 23.6. The maximum atomic E-state index is 3.74. The number of benzene rings is 1. The highest BCUT2D eigenvalue weighted by Crippen LogP contribution is 2.39. The van der Waals surface area contributed by atoms with E-state index in [-0.39, 0.29) is 0 Å². The topological polar surface area (TPSA) is 12.0 Å². The Balaban J connectivity index is 2.39. The Kier molecular flexibility index (Phi) is 5.28. The molecule has 3 heteroatoms. The van der Waals surface area contributed by atoms with E-state index in [9.17, 15) is 0 Å². The van der Waals surface area contributed by atoms with E-state index in [0.29, 0.717) is 6.04 Å². The van der Waals surface area contributed by atoms with Gasteiger partial charge in [0.15, 0.2) is 0 Å². The molecule has 1 aliphatic carbocycles. The highest BCUT2D eigenvalue weighted by Gasteiger charge is 2.25. The highest BCUT2D eigenvalue weighted by molar-refractivity contribution is 9.11. The molecule has 0 saturated heterocycles. The van der Waals surface area contributed by atoms with Gasteiger partial charge >= 0.3 is 0 Å². The van der Waals surface area contributed by atoms with Crippen molar-refractivity contribution in [1.29, 1.82) is 0 Å². The van der Waals surface area contributed by atoms with Crippen LogP contribution in [-0.4, -0.2) is 6.54 Å². The van der Waals surface area contributed by atoms with E-state index in [2.05, 4.69) is 63.2 Å². The number of rotatable bonds is 3. The van der Waals surface area contributed by atoms with E-state index in [1.807, 2.05) is 0 Å². The first-order valence-electron chi connectivity index (χ1n) is 6.83. The summed E-state index contributed by atoms with van der Waals surface area (Å²) in [5.74, 6) is 0.783. The summed E-state index contributed by atoms with van der Waals surface area (Å²) in [6.07, 6.45) is 4.89. The van der Waals surface area contributed by atoms with E-state index in [0.717, 1.165) is 12.5 Å². The SMILES string of the molecule is CCCNC1CC(C)CCc2c(Br)ccc(Br)c21. The second-order valence-electron chi connectivity index (χ2n) is 5.31. The van der Waals surface area contributed by atoms with Gasteiger partial charge < -0.3 is 5.32 Å². The lowest BCUT2D eigenvalue weighted by molar-refractivity contribution is 0.408. The van der Waals surface area contributed by atoms with Crippen molar-refractivity contribution < 1.29 is 0 Å². The zero-order valence-electron chi connectivity index (χ0n) is 11.1. The van der Waals surface area contributed by atoms with Crippen molar-refractivity contribution >= 4 is 31.9 Å². The number of hydrogen-bond acceptors (Lipinski definition) is 1. The van der Waals surface area contributed by atoms with Crippen LogP contribution >= 0.6 is 31.9 Å². The Morgan fingerprint density at radius 1 is 1.28 bits per heavy atom. The third kappa shape index (κ3) is 3.17. The van der Waals surface area contributed by atoms with Crippen molar-refractivity contribution in [2.45, 2.75) is 45.6 Å². The van der Waals surface area contributed by atoms with Crippen LogP contribution in [0.2, 0.25) is 0 Å². The predicted octanol–water partition coefficient (Wildman–Crippen LogP) is 5.22. The first-order valence-corrected chi connectivity index (χ1v) is 8.42. The summed E-state index contributed by atoms with van der Waals surface area (Å²) in [4.78, 5) is 0.